The molecule has 1 aromatic carbocycles. The molecule has 8 heteroatoms. The van der Waals surface area contributed by atoms with Gasteiger partial charge >= 0.3 is 6.61 Å². The number of nitrogens with one attached hydrogen (secondary N) is 2. The molecule has 1 aromatic heterocycles. The summed E-state index contributed by atoms with van der Waals surface area (Å²) in [5.74, 6) is 2.14. The van der Waals surface area contributed by atoms with Crippen molar-refractivity contribution in [2.24, 2.45) is 10.9 Å². The normalized spacial score (nSPS) is 11.9. The fourth-order valence-corrected chi connectivity index (χ4v) is 2.69. The van der Waals surface area contributed by atoms with Crippen LogP contribution in [0, 0.1) is 12.8 Å². The number of aromatic nitrogens is 2. The zero-order valence-electron chi connectivity index (χ0n) is 16.2. The van der Waals surface area contributed by atoms with E-state index < -0.39 is 6.61 Å². The molecular formula is C19H27F2N5O. The van der Waals surface area contributed by atoms with Crippen molar-refractivity contribution >= 4 is 5.96 Å². The van der Waals surface area contributed by atoms with E-state index in [-0.39, 0.29) is 5.75 Å². The van der Waals surface area contributed by atoms with Crippen LogP contribution in [0.4, 0.5) is 8.78 Å². The molecular weight excluding hydrogens is 352 g/mol. The molecule has 0 bridgehead atoms. The number of imidazole rings is 1. The lowest BCUT2D eigenvalue weighted by molar-refractivity contribution is -0.0504. The maximum atomic E-state index is 12.6. The molecule has 2 rings (SSSR count). The van der Waals surface area contributed by atoms with Gasteiger partial charge in [0.25, 0.3) is 0 Å². The Morgan fingerprint density at radius 3 is 2.67 bits per heavy atom. The van der Waals surface area contributed by atoms with E-state index in [0.29, 0.717) is 30.5 Å². The van der Waals surface area contributed by atoms with E-state index in [4.69, 9.17) is 0 Å². The topological polar surface area (TPSA) is 63.5 Å². The van der Waals surface area contributed by atoms with Gasteiger partial charge in [0.15, 0.2) is 5.96 Å². The molecule has 148 valence electrons. The summed E-state index contributed by atoms with van der Waals surface area (Å²) in [5, 5.41) is 6.32. The van der Waals surface area contributed by atoms with E-state index in [1.807, 2.05) is 19.2 Å². The zero-order valence-corrected chi connectivity index (χ0v) is 16.2. The van der Waals surface area contributed by atoms with Crippen molar-refractivity contribution in [1.82, 2.24) is 20.2 Å². The maximum absolute atomic E-state index is 12.6. The largest absolute Gasteiger partial charge is 0.434 e. The second-order valence-electron chi connectivity index (χ2n) is 6.66. The van der Waals surface area contributed by atoms with Crippen molar-refractivity contribution in [3.63, 3.8) is 0 Å². The van der Waals surface area contributed by atoms with Gasteiger partial charge < -0.3 is 19.9 Å². The second kappa shape index (κ2) is 9.89. The number of alkyl halides is 2. The van der Waals surface area contributed by atoms with E-state index in [1.165, 1.54) is 0 Å². The van der Waals surface area contributed by atoms with Gasteiger partial charge in [0.1, 0.15) is 11.6 Å². The fraction of sp³-hybridized carbons (Fsp3) is 0.474. The van der Waals surface area contributed by atoms with Gasteiger partial charge in [-0.2, -0.15) is 8.78 Å². The highest BCUT2D eigenvalue weighted by atomic mass is 19.3. The van der Waals surface area contributed by atoms with Gasteiger partial charge in [-0.05, 0) is 18.9 Å². The van der Waals surface area contributed by atoms with Crippen molar-refractivity contribution < 1.29 is 13.5 Å². The van der Waals surface area contributed by atoms with Crippen molar-refractivity contribution in [3.8, 4) is 5.75 Å². The van der Waals surface area contributed by atoms with E-state index >= 15 is 0 Å². The molecule has 0 fully saturated rings. The van der Waals surface area contributed by atoms with E-state index in [9.17, 15) is 8.78 Å². The smallest absolute Gasteiger partial charge is 0.387 e. The zero-order chi connectivity index (χ0) is 19.8. The van der Waals surface area contributed by atoms with Crippen LogP contribution in [0.1, 0.15) is 30.8 Å². The standard InChI is InChI=1S/C19H27F2N5O/c1-13(2)12-26-8-7-23-17(26)11-25-19(22-4)24-10-15-9-14(3)5-6-16(15)27-18(20)21/h5-9,13,18H,10-12H2,1-4H3,(H2,22,24,25). The van der Waals surface area contributed by atoms with Crippen molar-refractivity contribution in [3.05, 3.63) is 47.5 Å². The highest BCUT2D eigenvalue weighted by Gasteiger charge is 2.11. The van der Waals surface area contributed by atoms with Crippen molar-refractivity contribution in [2.75, 3.05) is 7.05 Å². The number of hydrogen-bond donors (Lipinski definition) is 2. The summed E-state index contributed by atoms with van der Waals surface area (Å²) >= 11 is 0. The van der Waals surface area contributed by atoms with Gasteiger partial charge in [-0.3, -0.25) is 4.99 Å². The number of nitrogens with zero attached hydrogens (tertiary/aromatic N) is 3. The van der Waals surface area contributed by atoms with Crippen molar-refractivity contribution in [1.29, 1.82) is 0 Å². The molecule has 2 N–H and O–H groups in total. The highest BCUT2D eigenvalue weighted by Crippen LogP contribution is 2.21. The van der Waals surface area contributed by atoms with Gasteiger partial charge in [0.05, 0.1) is 6.54 Å². The van der Waals surface area contributed by atoms with Crippen LogP contribution < -0.4 is 15.4 Å². The Kier molecular flexibility index (Phi) is 7.57. The second-order valence-corrected chi connectivity index (χ2v) is 6.66. The summed E-state index contributed by atoms with van der Waals surface area (Å²) in [5.41, 5.74) is 1.60. The maximum Gasteiger partial charge on any atom is 0.387 e. The third kappa shape index (κ3) is 6.54. The van der Waals surface area contributed by atoms with Crippen LogP contribution in [0.3, 0.4) is 0 Å². The number of benzene rings is 1. The Balaban J connectivity index is 1.97. The average Bonchev–Trinajstić information content (AvgIpc) is 3.03. The molecule has 0 aliphatic carbocycles. The Morgan fingerprint density at radius 2 is 2.00 bits per heavy atom. The highest BCUT2D eigenvalue weighted by molar-refractivity contribution is 5.79. The van der Waals surface area contributed by atoms with Crippen LogP contribution in [-0.4, -0.2) is 29.2 Å². The van der Waals surface area contributed by atoms with Gasteiger partial charge in [0, 0.05) is 38.1 Å². The summed E-state index contributed by atoms with van der Waals surface area (Å²) < 4.78 is 31.9. The summed E-state index contributed by atoms with van der Waals surface area (Å²) in [7, 11) is 1.66. The number of guanidine groups is 1. The van der Waals surface area contributed by atoms with Gasteiger partial charge in [0.2, 0.25) is 0 Å². The van der Waals surface area contributed by atoms with Crippen LogP contribution in [0.2, 0.25) is 0 Å². The molecule has 0 aliphatic rings. The first-order valence-electron chi connectivity index (χ1n) is 8.88. The molecule has 0 spiro atoms. The molecule has 0 aliphatic heterocycles. The van der Waals surface area contributed by atoms with Crippen LogP contribution >= 0.6 is 0 Å². The Hall–Kier alpha value is -2.64. The van der Waals surface area contributed by atoms with Crippen molar-refractivity contribution in [2.45, 2.75) is 47.0 Å². The summed E-state index contributed by atoms with van der Waals surface area (Å²) in [6.07, 6.45) is 3.73. The lowest BCUT2D eigenvalue weighted by Crippen LogP contribution is -2.37. The van der Waals surface area contributed by atoms with Gasteiger partial charge in [-0.25, -0.2) is 4.98 Å². The molecule has 0 saturated heterocycles. The summed E-state index contributed by atoms with van der Waals surface area (Å²) in [4.78, 5) is 8.54. The van der Waals surface area contributed by atoms with Crippen LogP contribution in [0.15, 0.2) is 35.6 Å². The summed E-state index contributed by atoms with van der Waals surface area (Å²) in [6.45, 7) is 5.05. The molecule has 0 unspecified atom stereocenters. The third-order valence-electron chi connectivity index (χ3n) is 3.88. The molecule has 0 saturated carbocycles. The number of aliphatic imine (C=N–C) groups is 1. The lowest BCUT2D eigenvalue weighted by atomic mass is 10.1. The van der Waals surface area contributed by atoms with E-state index in [0.717, 1.165) is 17.9 Å². The predicted octanol–water partition coefficient (Wildman–Crippen LogP) is 3.31. The predicted molar refractivity (Wildman–Crippen MR) is 102 cm³/mol. The number of hydrogen-bond acceptors (Lipinski definition) is 3. The number of halogens is 2. The molecule has 0 radical (unpaired) electrons. The van der Waals surface area contributed by atoms with Gasteiger partial charge in [-0.1, -0.05) is 31.5 Å². The molecule has 2 aromatic rings. The number of rotatable bonds is 8. The molecule has 0 amide bonds. The lowest BCUT2D eigenvalue weighted by Gasteiger charge is -2.16. The monoisotopic (exact) mass is 379 g/mol. The molecule has 6 nitrogen and oxygen atoms in total. The van der Waals surface area contributed by atoms with Crippen LogP contribution in [-0.2, 0) is 19.6 Å². The third-order valence-corrected chi connectivity index (χ3v) is 3.88. The fourth-order valence-electron chi connectivity index (χ4n) is 2.69. The Bertz CT molecular complexity index is 758. The molecule has 0 atom stereocenters. The Labute approximate surface area is 158 Å². The van der Waals surface area contributed by atoms with E-state index in [1.54, 1.807) is 25.4 Å². The quantitative estimate of drug-likeness (QED) is 0.546. The number of ether oxygens (including phenoxy) is 1. The minimum Gasteiger partial charge on any atom is -0.434 e. The first kappa shape index (κ1) is 20.7. The molecule has 1 heterocycles. The van der Waals surface area contributed by atoms with Gasteiger partial charge in [-0.15, -0.1) is 0 Å². The SMILES string of the molecule is CN=C(NCc1cc(C)ccc1OC(F)F)NCc1nccn1CC(C)C. The first-order chi connectivity index (χ1) is 12.9. The molecule has 27 heavy (non-hydrogen) atoms. The minimum absolute atomic E-state index is 0.158. The van der Waals surface area contributed by atoms with Crippen LogP contribution in [0.5, 0.6) is 5.75 Å². The average molecular weight is 379 g/mol. The minimum atomic E-state index is -2.86. The first-order valence-corrected chi connectivity index (χ1v) is 8.88. The Morgan fingerprint density at radius 1 is 1.26 bits per heavy atom. The van der Waals surface area contributed by atoms with E-state index in [2.05, 4.69) is 43.8 Å². The number of aryl methyl sites for hydroxylation is 1. The summed E-state index contributed by atoms with van der Waals surface area (Å²) in [6, 6.07) is 5.10. The van der Waals surface area contributed by atoms with Crippen LogP contribution in [0.25, 0.3) is 0 Å².